The normalized spacial score (nSPS) is 11.2. The predicted octanol–water partition coefficient (Wildman–Crippen LogP) is 10.5. The first-order valence-corrected chi connectivity index (χ1v) is 14.8. The van der Waals surface area contributed by atoms with E-state index in [1.165, 1.54) is 0 Å². The second kappa shape index (κ2) is 11.0. The lowest BCUT2D eigenvalue weighted by molar-refractivity contribution is 1.23. The van der Waals surface area contributed by atoms with Crippen molar-refractivity contribution in [1.29, 1.82) is 0 Å². The van der Waals surface area contributed by atoms with Crippen molar-refractivity contribution < 1.29 is 0 Å². The fraction of sp³-hybridized carbons (Fsp3) is 0. The van der Waals surface area contributed by atoms with Gasteiger partial charge in [0.1, 0.15) is 0 Å². The van der Waals surface area contributed by atoms with Gasteiger partial charge in [-0.25, -0.2) is 15.0 Å². The van der Waals surface area contributed by atoms with E-state index in [1.54, 1.807) is 0 Å². The van der Waals surface area contributed by atoms with Crippen LogP contribution < -0.4 is 0 Å². The molecule has 0 aliphatic carbocycles. The number of aromatic nitrogens is 3. The van der Waals surface area contributed by atoms with Gasteiger partial charge in [0.15, 0.2) is 5.82 Å². The first-order valence-electron chi connectivity index (χ1n) is 14.8. The van der Waals surface area contributed by atoms with Gasteiger partial charge in [0.05, 0.1) is 22.6 Å². The molecule has 0 aliphatic heterocycles. The van der Waals surface area contributed by atoms with E-state index in [9.17, 15) is 0 Å². The average molecular weight is 562 g/mol. The zero-order valence-corrected chi connectivity index (χ0v) is 23.9. The molecule has 8 aromatic rings. The maximum Gasteiger partial charge on any atom is 0.160 e. The van der Waals surface area contributed by atoms with Crippen LogP contribution >= 0.6 is 0 Å². The lowest BCUT2D eigenvalue weighted by Crippen LogP contribution is -1.96. The Hall–Kier alpha value is -5.93. The molecule has 0 N–H and O–H groups in total. The largest absolute Gasteiger partial charge is 0.248 e. The molecule has 0 spiro atoms. The number of hydrogen-bond acceptors (Lipinski definition) is 3. The van der Waals surface area contributed by atoms with Gasteiger partial charge >= 0.3 is 0 Å². The van der Waals surface area contributed by atoms with Crippen LogP contribution in [0, 0.1) is 0 Å². The molecule has 206 valence electrons. The van der Waals surface area contributed by atoms with Crippen LogP contribution in [0.4, 0.5) is 0 Å². The molecule has 3 heteroatoms. The summed E-state index contributed by atoms with van der Waals surface area (Å²) in [5, 5.41) is 3.22. The molecule has 0 unspecified atom stereocenters. The fourth-order valence-corrected chi connectivity index (χ4v) is 5.84. The molecule has 0 aliphatic rings. The Kier molecular flexibility index (Phi) is 6.47. The van der Waals surface area contributed by atoms with Crippen molar-refractivity contribution >= 4 is 21.7 Å². The van der Waals surface area contributed by atoms with Crippen molar-refractivity contribution in [2.24, 2.45) is 0 Å². The van der Waals surface area contributed by atoms with Crippen LogP contribution in [0.3, 0.4) is 0 Å². The van der Waals surface area contributed by atoms with Gasteiger partial charge < -0.3 is 0 Å². The Balaban J connectivity index is 1.38. The van der Waals surface area contributed by atoms with Gasteiger partial charge in [0, 0.05) is 33.0 Å². The number of nitrogens with zero attached hydrogens (tertiary/aromatic N) is 3. The highest BCUT2D eigenvalue weighted by Gasteiger charge is 2.15. The molecule has 3 nitrogen and oxygen atoms in total. The number of hydrogen-bond donors (Lipinski definition) is 0. The monoisotopic (exact) mass is 561 g/mol. The summed E-state index contributed by atoms with van der Waals surface area (Å²) in [5.74, 6) is 0.713. The second-order valence-electron chi connectivity index (χ2n) is 10.9. The maximum atomic E-state index is 5.19. The number of rotatable bonds is 5. The minimum absolute atomic E-state index is 0.713. The first kappa shape index (κ1) is 25.8. The summed E-state index contributed by atoms with van der Waals surface area (Å²) in [7, 11) is 0. The third kappa shape index (κ3) is 4.81. The van der Waals surface area contributed by atoms with E-state index in [2.05, 4.69) is 127 Å². The Labute approximate surface area is 256 Å². The van der Waals surface area contributed by atoms with Crippen molar-refractivity contribution in [1.82, 2.24) is 15.0 Å². The van der Waals surface area contributed by atoms with Crippen LogP contribution in [0.5, 0.6) is 0 Å². The Morgan fingerprint density at radius 1 is 0.318 bits per heavy atom. The van der Waals surface area contributed by atoms with Gasteiger partial charge in [-0.2, -0.15) is 0 Å². The van der Waals surface area contributed by atoms with Gasteiger partial charge in [-0.05, 0) is 40.8 Å². The molecular formula is C41H27N3. The van der Waals surface area contributed by atoms with Crippen molar-refractivity contribution in [3.8, 4) is 56.3 Å². The van der Waals surface area contributed by atoms with Crippen LogP contribution in [-0.2, 0) is 0 Å². The second-order valence-corrected chi connectivity index (χ2v) is 10.9. The Bertz CT molecular complexity index is 2190. The van der Waals surface area contributed by atoms with E-state index in [-0.39, 0.29) is 0 Å². The molecule has 0 saturated heterocycles. The molecule has 2 aromatic heterocycles. The zero-order valence-electron chi connectivity index (χ0n) is 23.9. The Morgan fingerprint density at radius 2 is 0.864 bits per heavy atom. The first-order chi connectivity index (χ1) is 21.8. The molecule has 6 aromatic carbocycles. The molecular weight excluding hydrogens is 534 g/mol. The van der Waals surface area contributed by atoms with Crippen molar-refractivity contribution in [3.05, 3.63) is 164 Å². The third-order valence-electron chi connectivity index (χ3n) is 8.06. The number of benzene rings is 6. The van der Waals surface area contributed by atoms with E-state index < -0.39 is 0 Å². The van der Waals surface area contributed by atoms with Crippen molar-refractivity contribution in [3.63, 3.8) is 0 Å². The molecule has 2 heterocycles. The summed E-state index contributed by atoms with van der Waals surface area (Å²) in [4.78, 5) is 15.5. The molecule has 0 bridgehead atoms. The predicted molar refractivity (Wildman–Crippen MR) is 182 cm³/mol. The van der Waals surface area contributed by atoms with Crippen LogP contribution in [0.1, 0.15) is 0 Å². The summed E-state index contributed by atoms with van der Waals surface area (Å²) >= 11 is 0. The van der Waals surface area contributed by atoms with Crippen LogP contribution in [0.15, 0.2) is 164 Å². The van der Waals surface area contributed by atoms with E-state index in [1.807, 2.05) is 36.4 Å². The van der Waals surface area contributed by atoms with Crippen LogP contribution in [0.25, 0.3) is 78.0 Å². The highest BCUT2D eigenvalue weighted by Crippen LogP contribution is 2.36. The summed E-state index contributed by atoms with van der Waals surface area (Å²) in [5.41, 5.74) is 10.2. The molecule has 44 heavy (non-hydrogen) atoms. The summed E-state index contributed by atoms with van der Waals surface area (Å²) in [6.45, 7) is 0. The lowest BCUT2D eigenvalue weighted by atomic mass is 9.97. The molecule has 0 amide bonds. The number of pyridine rings is 1. The summed E-state index contributed by atoms with van der Waals surface area (Å²) < 4.78 is 0. The van der Waals surface area contributed by atoms with Gasteiger partial charge in [-0.1, -0.05) is 140 Å². The van der Waals surface area contributed by atoms with Gasteiger partial charge in [-0.15, -0.1) is 0 Å². The summed E-state index contributed by atoms with van der Waals surface area (Å²) in [6.07, 6.45) is 0. The highest BCUT2D eigenvalue weighted by atomic mass is 14.9. The minimum Gasteiger partial charge on any atom is -0.248 e. The van der Waals surface area contributed by atoms with Crippen molar-refractivity contribution in [2.75, 3.05) is 0 Å². The smallest absolute Gasteiger partial charge is 0.160 e. The van der Waals surface area contributed by atoms with Gasteiger partial charge in [0.2, 0.25) is 0 Å². The summed E-state index contributed by atoms with van der Waals surface area (Å²) in [6, 6.07) is 56.7. The average Bonchev–Trinajstić information content (AvgIpc) is 3.12. The molecule has 0 radical (unpaired) electrons. The lowest BCUT2D eigenvalue weighted by Gasteiger charge is -2.13. The van der Waals surface area contributed by atoms with Crippen LogP contribution in [0.2, 0.25) is 0 Å². The highest BCUT2D eigenvalue weighted by molar-refractivity contribution is 6.10. The maximum absolute atomic E-state index is 5.19. The molecule has 0 saturated carbocycles. The van der Waals surface area contributed by atoms with Crippen LogP contribution in [-0.4, -0.2) is 15.0 Å². The third-order valence-corrected chi connectivity index (χ3v) is 8.06. The van der Waals surface area contributed by atoms with E-state index in [4.69, 9.17) is 15.0 Å². The minimum atomic E-state index is 0.713. The fourth-order valence-electron chi connectivity index (χ4n) is 5.84. The van der Waals surface area contributed by atoms with Gasteiger partial charge in [0.25, 0.3) is 0 Å². The van der Waals surface area contributed by atoms with E-state index in [0.717, 1.165) is 72.1 Å². The van der Waals surface area contributed by atoms with E-state index >= 15 is 0 Å². The molecule has 0 atom stereocenters. The SMILES string of the molecule is c1ccc(-c2cc(-c3ccccc3)nc(-c3ccc4ccc5c(-c6ccccc6)nc(-c6ccccc6)nc5c4c3)c2)cc1. The molecule has 0 fully saturated rings. The quantitative estimate of drug-likeness (QED) is 0.196. The standard InChI is InChI=1S/C41H27N3/c1-5-13-28(14-6-1)34-26-37(30-15-7-2-8-16-30)42-38(27-34)33-22-21-29-23-24-35-39(31-17-9-3-10-18-31)43-41(32-19-11-4-12-20-32)44-40(35)36(29)25-33/h1-27H. The zero-order chi connectivity index (χ0) is 29.3. The molecule has 8 rings (SSSR count). The number of fused-ring (bicyclic) bond motifs is 3. The van der Waals surface area contributed by atoms with E-state index in [0.29, 0.717) is 5.82 Å². The van der Waals surface area contributed by atoms with Crippen molar-refractivity contribution in [2.45, 2.75) is 0 Å². The topological polar surface area (TPSA) is 38.7 Å². The Morgan fingerprint density at radius 3 is 1.52 bits per heavy atom. The van der Waals surface area contributed by atoms with Gasteiger partial charge in [-0.3, -0.25) is 0 Å².